The largest absolute Gasteiger partial charge is 0.549 e. The van der Waals surface area contributed by atoms with E-state index in [9.17, 15) is 14.7 Å². The predicted molar refractivity (Wildman–Crippen MR) is 108 cm³/mol. The highest BCUT2D eigenvalue weighted by atomic mass is 79.9. The Hall–Kier alpha value is -2.91. The van der Waals surface area contributed by atoms with Crippen LogP contribution in [0.25, 0.3) is 22.4 Å². The molecule has 0 atom stereocenters. The molecule has 2 aromatic heterocycles. The second kappa shape index (κ2) is 7.61. The number of thioether (sulfide) groups is 1. The molecule has 0 bridgehead atoms. The maximum absolute atomic E-state index is 13.2. The van der Waals surface area contributed by atoms with Crippen LogP contribution in [0.4, 0.5) is 0 Å². The maximum Gasteiger partial charge on any atom is 0.269 e. The highest BCUT2D eigenvalue weighted by Gasteiger charge is 2.17. The monoisotopic (exact) mass is 455 g/mol. The molecular weight excluding hydrogens is 444 g/mol. The van der Waals surface area contributed by atoms with Crippen LogP contribution in [0, 0.1) is 0 Å². The van der Waals surface area contributed by atoms with Gasteiger partial charge in [-0.2, -0.15) is 5.10 Å². The Morgan fingerprint density at radius 2 is 1.79 bits per heavy atom. The number of rotatable bonds is 5. The third-order valence-electron chi connectivity index (χ3n) is 3.97. The van der Waals surface area contributed by atoms with Gasteiger partial charge in [0.15, 0.2) is 10.8 Å². The minimum Gasteiger partial charge on any atom is -0.549 e. The average molecular weight is 456 g/mol. The highest BCUT2D eigenvalue weighted by molar-refractivity contribution is 9.10. The third kappa shape index (κ3) is 3.46. The quantitative estimate of drug-likeness (QED) is 0.338. The topological polar surface area (TPSA) is 92.8 Å². The predicted octanol–water partition coefficient (Wildman–Crippen LogP) is 2.18. The number of aliphatic carboxylic acids is 1. The van der Waals surface area contributed by atoms with Gasteiger partial charge in [-0.3, -0.25) is 9.36 Å². The minimum absolute atomic E-state index is 0.252. The summed E-state index contributed by atoms with van der Waals surface area (Å²) in [6, 6.07) is 16.4. The van der Waals surface area contributed by atoms with E-state index in [1.165, 1.54) is 10.8 Å². The molecule has 0 aliphatic rings. The summed E-state index contributed by atoms with van der Waals surface area (Å²) in [7, 11) is 0. The zero-order chi connectivity index (χ0) is 19.7. The van der Waals surface area contributed by atoms with Crippen LogP contribution in [0.2, 0.25) is 0 Å². The number of hydrogen-bond acceptors (Lipinski definition) is 6. The second-order valence-corrected chi connectivity index (χ2v) is 7.66. The van der Waals surface area contributed by atoms with Crippen molar-refractivity contribution >= 4 is 44.7 Å². The van der Waals surface area contributed by atoms with E-state index in [0.717, 1.165) is 21.9 Å². The fourth-order valence-corrected chi connectivity index (χ4v) is 3.72. The van der Waals surface area contributed by atoms with E-state index in [1.807, 2.05) is 30.3 Å². The van der Waals surface area contributed by atoms with Gasteiger partial charge >= 0.3 is 0 Å². The molecule has 9 heteroatoms. The van der Waals surface area contributed by atoms with Gasteiger partial charge < -0.3 is 9.90 Å². The Balaban J connectivity index is 1.96. The number of halogens is 1. The van der Waals surface area contributed by atoms with Crippen molar-refractivity contribution in [3.05, 3.63) is 75.6 Å². The summed E-state index contributed by atoms with van der Waals surface area (Å²) in [6.07, 6.45) is 1.47. The first-order valence-corrected chi connectivity index (χ1v) is 9.97. The summed E-state index contributed by atoms with van der Waals surface area (Å²) in [6.45, 7) is 0. The number of aromatic nitrogens is 4. The van der Waals surface area contributed by atoms with Crippen molar-refractivity contribution < 1.29 is 9.90 Å². The van der Waals surface area contributed by atoms with Crippen LogP contribution in [-0.4, -0.2) is 31.1 Å². The van der Waals surface area contributed by atoms with Gasteiger partial charge in [0.25, 0.3) is 5.56 Å². The lowest BCUT2D eigenvalue weighted by Crippen LogP contribution is -2.26. The standard InChI is InChI=1S/C19H13BrN4O3S/c20-12-6-8-13(9-7-12)23-18(27)15-10-21-24(14-4-2-1-3-5-14)17(15)22-19(23)28-11-16(25)26/h1-10H,11H2,(H,25,26)/p-1. The van der Waals surface area contributed by atoms with Crippen LogP contribution < -0.4 is 10.7 Å². The number of carbonyl (C=O) groups is 1. The Morgan fingerprint density at radius 1 is 1.07 bits per heavy atom. The van der Waals surface area contributed by atoms with Crippen LogP contribution in [0.3, 0.4) is 0 Å². The van der Waals surface area contributed by atoms with E-state index in [2.05, 4.69) is 26.0 Å². The first-order chi connectivity index (χ1) is 13.5. The molecule has 0 aliphatic heterocycles. The van der Waals surface area contributed by atoms with Crippen molar-refractivity contribution in [2.75, 3.05) is 5.75 Å². The summed E-state index contributed by atoms with van der Waals surface area (Å²) in [5, 5.41) is 15.9. The number of hydrogen-bond donors (Lipinski definition) is 0. The lowest BCUT2D eigenvalue weighted by Gasteiger charge is -2.13. The second-order valence-electron chi connectivity index (χ2n) is 5.80. The number of fused-ring (bicyclic) bond motifs is 1. The lowest BCUT2D eigenvalue weighted by molar-refractivity contribution is -0.301. The van der Waals surface area contributed by atoms with Gasteiger partial charge in [-0.05, 0) is 36.4 Å². The van der Waals surface area contributed by atoms with Crippen LogP contribution >= 0.6 is 27.7 Å². The average Bonchev–Trinajstić information content (AvgIpc) is 3.12. The summed E-state index contributed by atoms with van der Waals surface area (Å²) >= 11 is 4.29. The molecule has 0 N–H and O–H groups in total. The maximum atomic E-state index is 13.2. The number of para-hydroxylation sites is 1. The molecule has 7 nitrogen and oxygen atoms in total. The van der Waals surface area contributed by atoms with E-state index in [1.54, 1.807) is 28.9 Å². The van der Waals surface area contributed by atoms with Gasteiger partial charge in [-0.15, -0.1) is 0 Å². The van der Waals surface area contributed by atoms with Gasteiger partial charge in [-0.25, -0.2) is 9.67 Å². The fourth-order valence-electron chi connectivity index (χ4n) is 2.74. The summed E-state index contributed by atoms with van der Waals surface area (Å²) in [5.74, 6) is -1.56. The molecule has 140 valence electrons. The summed E-state index contributed by atoms with van der Waals surface area (Å²) < 4.78 is 3.81. The van der Waals surface area contributed by atoms with Crippen molar-refractivity contribution in [1.29, 1.82) is 0 Å². The van der Waals surface area contributed by atoms with Crippen molar-refractivity contribution in [2.24, 2.45) is 0 Å². The minimum atomic E-state index is -1.24. The molecule has 0 amide bonds. The molecule has 28 heavy (non-hydrogen) atoms. The van der Waals surface area contributed by atoms with E-state index < -0.39 is 5.97 Å². The third-order valence-corrected chi connectivity index (χ3v) is 5.42. The number of carbonyl (C=O) groups excluding carboxylic acids is 1. The highest BCUT2D eigenvalue weighted by Crippen LogP contribution is 2.23. The van der Waals surface area contributed by atoms with Crippen LogP contribution in [-0.2, 0) is 4.79 Å². The molecule has 2 heterocycles. The summed E-state index contributed by atoms with van der Waals surface area (Å²) in [4.78, 5) is 28.8. The first kappa shape index (κ1) is 18.5. The van der Waals surface area contributed by atoms with Crippen LogP contribution in [0.5, 0.6) is 0 Å². The van der Waals surface area contributed by atoms with Crippen molar-refractivity contribution in [2.45, 2.75) is 5.16 Å². The summed E-state index contributed by atoms with van der Waals surface area (Å²) in [5.41, 5.74) is 1.37. The van der Waals surface area contributed by atoms with Gasteiger partial charge in [0.2, 0.25) is 0 Å². The van der Waals surface area contributed by atoms with E-state index >= 15 is 0 Å². The van der Waals surface area contributed by atoms with Gasteiger partial charge in [0, 0.05) is 10.2 Å². The molecule has 0 saturated heterocycles. The normalized spacial score (nSPS) is 11.0. The number of carboxylic acid groups (broad SMARTS) is 1. The van der Waals surface area contributed by atoms with Crippen LogP contribution in [0.1, 0.15) is 0 Å². The van der Waals surface area contributed by atoms with E-state index in [4.69, 9.17) is 0 Å². The zero-order valence-electron chi connectivity index (χ0n) is 14.3. The van der Waals surface area contributed by atoms with Gasteiger partial charge in [-0.1, -0.05) is 45.9 Å². The smallest absolute Gasteiger partial charge is 0.269 e. The number of carboxylic acids is 1. The van der Waals surface area contributed by atoms with Crippen molar-refractivity contribution in [1.82, 2.24) is 19.3 Å². The molecule has 0 aliphatic carbocycles. The Bertz CT molecular complexity index is 1220. The molecule has 0 spiro atoms. The fraction of sp³-hybridized carbons (Fsp3) is 0.0526. The molecule has 0 unspecified atom stereocenters. The number of benzene rings is 2. The molecule has 0 radical (unpaired) electrons. The van der Waals surface area contributed by atoms with Crippen molar-refractivity contribution in [3.8, 4) is 11.4 Å². The Kier molecular flexibility index (Phi) is 5.01. The SMILES string of the molecule is O=C([O-])CSc1nc2c(cnn2-c2ccccc2)c(=O)n1-c1ccc(Br)cc1. The van der Waals surface area contributed by atoms with Gasteiger partial charge in [0.1, 0.15) is 5.39 Å². The Labute approximate surface area is 171 Å². The lowest BCUT2D eigenvalue weighted by atomic mass is 10.3. The van der Waals surface area contributed by atoms with E-state index in [-0.39, 0.29) is 16.5 Å². The Morgan fingerprint density at radius 3 is 2.46 bits per heavy atom. The van der Waals surface area contributed by atoms with Crippen molar-refractivity contribution in [3.63, 3.8) is 0 Å². The first-order valence-electron chi connectivity index (χ1n) is 8.19. The molecule has 4 rings (SSSR count). The molecule has 2 aromatic carbocycles. The molecule has 0 fully saturated rings. The van der Waals surface area contributed by atoms with Gasteiger partial charge in [0.05, 0.1) is 23.5 Å². The molecular formula is C19H12BrN4O3S-. The van der Waals surface area contributed by atoms with E-state index in [0.29, 0.717) is 16.7 Å². The molecule has 4 aromatic rings. The van der Waals surface area contributed by atoms with Crippen LogP contribution in [0.15, 0.2) is 75.2 Å². The molecule has 0 saturated carbocycles. The zero-order valence-corrected chi connectivity index (χ0v) is 16.7. The number of nitrogens with zero attached hydrogens (tertiary/aromatic N) is 4.